The predicted octanol–water partition coefficient (Wildman–Crippen LogP) is 6.49. The molecule has 0 amide bonds. The van der Waals surface area contributed by atoms with E-state index in [4.69, 9.17) is 0 Å². The molecule has 0 saturated heterocycles. The maximum absolute atomic E-state index is 3.83. The number of hydrogen-bond acceptors (Lipinski definition) is 3. The first-order valence-electron chi connectivity index (χ1n) is 14.7. The molecule has 8 bridgehead atoms. The Morgan fingerprint density at radius 1 is 0.311 bits per heavy atom. The molecule has 7 aromatic heterocycles. The molecule has 0 saturated carbocycles. The molecular weight excluding hydrogens is 609 g/mol. The summed E-state index contributed by atoms with van der Waals surface area (Å²) in [6.45, 7) is 0. The van der Waals surface area contributed by atoms with E-state index in [1.165, 1.54) is 16.7 Å². The molecule has 1 aliphatic heterocycles. The van der Waals surface area contributed by atoms with Crippen LogP contribution < -0.4 is 21.4 Å². The molecule has 1 aliphatic rings. The topological polar surface area (TPSA) is 63.2 Å². The highest BCUT2D eigenvalue weighted by Gasteiger charge is 2.18. The van der Waals surface area contributed by atoms with E-state index in [0.29, 0.717) is 0 Å². The molecule has 9 rings (SSSR count). The molecule has 8 heterocycles. The Kier molecular flexibility index (Phi) is 6.33. The summed E-state index contributed by atoms with van der Waals surface area (Å²) in [6.07, 6.45) is 0. The Labute approximate surface area is 270 Å². The minimum Gasteiger partial charge on any atom is -0.354 e. The molecule has 0 fully saturated rings. The minimum atomic E-state index is 1.06. The number of aromatic amines is 4. The van der Waals surface area contributed by atoms with E-state index in [-0.39, 0.29) is 0 Å². The van der Waals surface area contributed by atoms with Gasteiger partial charge in [-0.2, -0.15) is 34.0 Å². The van der Waals surface area contributed by atoms with Crippen molar-refractivity contribution in [3.8, 4) is 0 Å². The Bertz CT molecular complexity index is 2520. The quantitative estimate of drug-likeness (QED) is 0.171. The molecular formula is C38H26N4S3. The number of benzene rings is 1. The van der Waals surface area contributed by atoms with Crippen molar-refractivity contribution in [2.75, 3.05) is 0 Å². The van der Waals surface area contributed by atoms with Crippen LogP contribution in [0, 0.1) is 0 Å². The largest absolute Gasteiger partial charge is 0.354 e. The van der Waals surface area contributed by atoms with Crippen molar-refractivity contribution in [3.05, 3.63) is 196 Å². The second-order valence-corrected chi connectivity index (χ2v) is 13.4. The van der Waals surface area contributed by atoms with Gasteiger partial charge in [0, 0.05) is 66.5 Å². The summed E-state index contributed by atoms with van der Waals surface area (Å²) in [5.41, 5.74) is 13.5. The first kappa shape index (κ1) is 26.3. The zero-order valence-corrected chi connectivity index (χ0v) is 26.4. The summed E-state index contributed by atoms with van der Waals surface area (Å²) in [5, 5.41) is 17.3. The van der Waals surface area contributed by atoms with Crippen LogP contribution in [-0.4, -0.2) is 19.9 Å². The van der Waals surface area contributed by atoms with Gasteiger partial charge in [-0.15, -0.1) is 0 Å². The van der Waals surface area contributed by atoms with Crippen LogP contribution in [0.5, 0.6) is 0 Å². The van der Waals surface area contributed by atoms with Crippen LogP contribution in [0.15, 0.2) is 129 Å². The SMILES string of the molecule is c1ccc(C2=c3ccc([nH]3)=C(c3ccsc3)c3ccc([nH]3)C(c3ccsc3)=c3ccc([nH]3)=C(c3ccsc3)c3ccc2[nH]3)cc1. The van der Waals surface area contributed by atoms with Gasteiger partial charge in [0.05, 0.1) is 0 Å². The van der Waals surface area contributed by atoms with Crippen LogP contribution in [-0.2, 0) is 0 Å². The summed E-state index contributed by atoms with van der Waals surface area (Å²) in [7, 11) is 0. The van der Waals surface area contributed by atoms with Gasteiger partial charge in [0.1, 0.15) is 0 Å². The summed E-state index contributed by atoms with van der Waals surface area (Å²) in [6, 6.07) is 34.9. The molecule has 8 aromatic rings. The molecule has 4 N–H and O–H groups in total. The molecule has 216 valence electrons. The van der Waals surface area contributed by atoms with Crippen LogP contribution in [0.25, 0.3) is 22.3 Å². The second kappa shape index (κ2) is 10.8. The lowest BCUT2D eigenvalue weighted by Gasteiger charge is -2.08. The predicted molar refractivity (Wildman–Crippen MR) is 188 cm³/mol. The molecule has 1 aromatic carbocycles. The number of rotatable bonds is 4. The summed E-state index contributed by atoms with van der Waals surface area (Å²) < 4.78 is 0. The Morgan fingerprint density at radius 2 is 0.667 bits per heavy atom. The molecule has 0 atom stereocenters. The van der Waals surface area contributed by atoms with Crippen molar-refractivity contribution >= 4 is 56.3 Å². The first-order valence-corrected chi connectivity index (χ1v) is 17.5. The standard InChI is InChI=1S/C38H26N4S3/c1-2-4-23(5-3-1)35-27-6-8-29(39-27)36(24-14-17-43-20-24)31-10-12-33(41-31)38(26-16-19-45-22-26)34-13-11-32(42-34)37(25-15-18-44-21-25)30-9-7-28(35)40-30/h1-22,39-42H. The van der Waals surface area contributed by atoms with Crippen molar-refractivity contribution in [2.24, 2.45) is 0 Å². The van der Waals surface area contributed by atoms with Gasteiger partial charge in [-0.1, -0.05) is 30.3 Å². The summed E-state index contributed by atoms with van der Waals surface area (Å²) >= 11 is 5.14. The third-order valence-electron chi connectivity index (χ3n) is 8.39. The van der Waals surface area contributed by atoms with Gasteiger partial charge in [0.25, 0.3) is 0 Å². The van der Waals surface area contributed by atoms with E-state index < -0.39 is 0 Å². The number of nitrogens with one attached hydrogen (secondary N) is 4. The van der Waals surface area contributed by atoms with Gasteiger partial charge in [-0.25, -0.2) is 0 Å². The van der Waals surface area contributed by atoms with Crippen LogP contribution in [0.1, 0.15) is 45.0 Å². The smallest absolute Gasteiger partial charge is 0.0486 e. The van der Waals surface area contributed by atoms with Gasteiger partial charge >= 0.3 is 0 Å². The molecule has 0 unspecified atom stereocenters. The van der Waals surface area contributed by atoms with E-state index in [9.17, 15) is 0 Å². The molecule has 7 heteroatoms. The van der Waals surface area contributed by atoms with Crippen molar-refractivity contribution in [2.45, 2.75) is 0 Å². The summed E-state index contributed by atoms with van der Waals surface area (Å²) in [5.74, 6) is 0. The van der Waals surface area contributed by atoms with Crippen LogP contribution >= 0.6 is 34.0 Å². The van der Waals surface area contributed by atoms with Crippen molar-refractivity contribution in [1.82, 2.24) is 19.9 Å². The molecule has 4 nitrogen and oxygen atoms in total. The highest BCUT2D eigenvalue weighted by atomic mass is 32.1. The minimum absolute atomic E-state index is 1.06. The molecule has 0 spiro atoms. The van der Waals surface area contributed by atoms with E-state index in [2.05, 4.69) is 149 Å². The number of fused-ring (bicyclic) bond motifs is 8. The number of thiophene rings is 3. The fourth-order valence-electron chi connectivity index (χ4n) is 6.40. The van der Waals surface area contributed by atoms with Crippen LogP contribution in [0.3, 0.4) is 0 Å². The highest BCUT2D eigenvalue weighted by molar-refractivity contribution is 7.08. The van der Waals surface area contributed by atoms with Crippen molar-refractivity contribution in [1.29, 1.82) is 0 Å². The third-order valence-corrected chi connectivity index (χ3v) is 10.4. The Balaban J connectivity index is 1.44. The van der Waals surface area contributed by atoms with Crippen molar-refractivity contribution in [3.63, 3.8) is 0 Å². The lowest BCUT2D eigenvalue weighted by atomic mass is 10.0. The van der Waals surface area contributed by atoms with Crippen molar-refractivity contribution < 1.29 is 0 Å². The van der Waals surface area contributed by atoms with Gasteiger partial charge in [0.15, 0.2) is 0 Å². The summed E-state index contributed by atoms with van der Waals surface area (Å²) in [4.78, 5) is 15.3. The normalized spacial score (nSPS) is 13.2. The Morgan fingerprint density at radius 3 is 1.00 bits per heavy atom. The zero-order valence-electron chi connectivity index (χ0n) is 23.9. The molecule has 0 radical (unpaired) electrons. The maximum atomic E-state index is 3.83. The fourth-order valence-corrected chi connectivity index (χ4v) is 8.34. The number of H-pyrrole nitrogens is 4. The van der Waals surface area contributed by atoms with E-state index in [1.54, 1.807) is 34.0 Å². The number of hydrogen-bond donors (Lipinski definition) is 4. The lowest BCUT2D eigenvalue weighted by Crippen LogP contribution is -2.18. The van der Waals surface area contributed by atoms with Crippen LogP contribution in [0.2, 0.25) is 0 Å². The van der Waals surface area contributed by atoms with Crippen LogP contribution in [0.4, 0.5) is 0 Å². The third kappa shape index (κ3) is 4.56. The van der Waals surface area contributed by atoms with Gasteiger partial charge < -0.3 is 19.9 Å². The number of aromatic nitrogens is 4. The Hall–Kier alpha value is -5.08. The van der Waals surface area contributed by atoms with E-state index >= 15 is 0 Å². The van der Waals surface area contributed by atoms with Gasteiger partial charge in [0.2, 0.25) is 0 Å². The zero-order chi connectivity index (χ0) is 29.7. The van der Waals surface area contributed by atoms with E-state index in [0.717, 1.165) is 72.0 Å². The average molecular weight is 635 g/mol. The van der Waals surface area contributed by atoms with E-state index in [1.807, 2.05) is 0 Å². The molecule has 0 aliphatic carbocycles. The lowest BCUT2D eigenvalue weighted by molar-refractivity contribution is 1.19. The second-order valence-electron chi connectivity index (χ2n) is 11.0. The highest BCUT2D eigenvalue weighted by Crippen LogP contribution is 2.29. The molecule has 45 heavy (non-hydrogen) atoms. The van der Waals surface area contributed by atoms with Gasteiger partial charge in [-0.3, -0.25) is 0 Å². The fraction of sp³-hybridized carbons (Fsp3) is 0. The monoisotopic (exact) mass is 634 g/mol. The first-order chi connectivity index (χ1) is 22.3. The average Bonchev–Trinajstić information content (AvgIpc) is 3.92. The maximum Gasteiger partial charge on any atom is 0.0486 e. The van der Waals surface area contributed by atoms with Gasteiger partial charge in [-0.05, 0) is 121 Å².